The fourth-order valence-electron chi connectivity index (χ4n) is 13.1. The highest BCUT2D eigenvalue weighted by atomic mass is 32.2. The van der Waals surface area contributed by atoms with Crippen molar-refractivity contribution in [2.45, 2.75) is 75.0 Å². The molecule has 0 radical (unpaired) electrons. The first kappa shape index (κ1) is 50.4. The highest BCUT2D eigenvalue weighted by molar-refractivity contribution is 8.01. The molecule has 0 bridgehead atoms. The highest BCUT2D eigenvalue weighted by Crippen LogP contribution is 2.51. The zero-order chi connectivity index (χ0) is 55.7. The Morgan fingerprint density at radius 2 is 0.610 bits per heavy atom. The molecular weight excluding hydrogens is 1030 g/mol. The maximum absolute atomic E-state index is 2.65. The molecular formula is C74H60B2N4S2. The quantitative estimate of drug-likeness (QED) is 0.140. The van der Waals surface area contributed by atoms with Gasteiger partial charge in [-0.05, 0) is 193 Å². The Kier molecular flexibility index (Phi) is 12.0. The molecule has 0 saturated carbocycles. The van der Waals surface area contributed by atoms with Gasteiger partial charge in [0.1, 0.15) is 0 Å². The molecule has 82 heavy (non-hydrogen) atoms. The van der Waals surface area contributed by atoms with Crippen molar-refractivity contribution in [2.75, 3.05) is 19.6 Å². The fourth-order valence-corrected chi connectivity index (χ4v) is 15.5. The summed E-state index contributed by atoms with van der Waals surface area (Å²) in [4.78, 5) is 15.3. The third-order valence-corrected chi connectivity index (χ3v) is 19.5. The molecule has 0 atom stereocenters. The predicted molar refractivity (Wildman–Crippen MR) is 354 cm³/mol. The molecule has 4 nitrogen and oxygen atoms in total. The van der Waals surface area contributed by atoms with Crippen molar-refractivity contribution < 1.29 is 0 Å². The molecule has 11 aromatic carbocycles. The van der Waals surface area contributed by atoms with Gasteiger partial charge in [-0.25, -0.2) is 0 Å². The molecule has 0 unspecified atom stereocenters. The first-order chi connectivity index (χ1) is 39.9. The summed E-state index contributed by atoms with van der Waals surface area (Å²) >= 11 is 3.87. The number of nitrogens with zero attached hydrogens (tertiary/aromatic N) is 4. The van der Waals surface area contributed by atoms with E-state index in [-0.39, 0.29) is 13.4 Å². The van der Waals surface area contributed by atoms with Crippen molar-refractivity contribution in [3.05, 3.63) is 263 Å². The van der Waals surface area contributed by atoms with Crippen LogP contribution in [-0.2, 0) is 0 Å². The highest BCUT2D eigenvalue weighted by Gasteiger charge is 2.47. The van der Waals surface area contributed by atoms with Crippen LogP contribution in [0.15, 0.2) is 238 Å². The Bertz CT molecular complexity index is 4280. The van der Waals surface area contributed by atoms with Gasteiger partial charge in [0.25, 0.3) is 6.71 Å². The van der Waals surface area contributed by atoms with E-state index >= 15 is 0 Å². The van der Waals surface area contributed by atoms with Crippen LogP contribution in [-0.4, -0.2) is 13.4 Å². The lowest BCUT2D eigenvalue weighted by atomic mass is 9.31. The summed E-state index contributed by atoms with van der Waals surface area (Å²) < 4.78 is 0. The minimum atomic E-state index is -0.0781. The van der Waals surface area contributed by atoms with Gasteiger partial charge in [0.2, 0.25) is 6.71 Å². The molecule has 4 aliphatic rings. The van der Waals surface area contributed by atoms with Gasteiger partial charge in [-0.15, -0.1) is 0 Å². The Balaban J connectivity index is 1.01. The van der Waals surface area contributed by atoms with E-state index in [0.717, 1.165) is 45.5 Å². The molecule has 394 valence electrons. The van der Waals surface area contributed by atoms with E-state index in [1.807, 2.05) is 23.5 Å². The number of fused-ring (bicyclic) bond motifs is 8. The van der Waals surface area contributed by atoms with Crippen LogP contribution in [0.25, 0.3) is 0 Å². The minimum absolute atomic E-state index is 0.0298. The van der Waals surface area contributed by atoms with Crippen molar-refractivity contribution in [3.8, 4) is 0 Å². The SMILES string of the molecule is Cc1ccc(N(c2ccc(C)cc2)c2cc3c4c(c2)Sc2cc5c(cc2B4c2cc(C)ccc2S3)B2c3cc(C)ccc3N(c3ccc(C)cc3)c3cc(N(c4ccc(C)cc4)c4ccc(C)cc4)cc(c32)N5c2ccc(C)cc2)cc1. The zero-order valence-corrected chi connectivity index (χ0v) is 49.2. The van der Waals surface area contributed by atoms with Gasteiger partial charge < -0.3 is 19.6 Å². The first-order valence-corrected chi connectivity index (χ1v) is 30.2. The normalized spacial score (nSPS) is 13.2. The second-order valence-corrected chi connectivity index (χ2v) is 25.4. The number of aryl methyl sites for hydroxylation is 8. The van der Waals surface area contributed by atoms with E-state index in [0.29, 0.717) is 0 Å². The largest absolute Gasteiger partial charge is 0.311 e. The van der Waals surface area contributed by atoms with Crippen LogP contribution in [0.3, 0.4) is 0 Å². The van der Waals surface area contributed by atoms with Crippen LogP contribution in [0.4, 0.5) is 68.2 Å². The smallest absolute Gasteiger partial charge is 0.252 e. The van der Waals surface area contributed by atoms with Crippen molar-refractivity contribution in [2.24, 2.45) is 0 Å². The second kappa shape index (κ2) is 19.6. The summed E-state index contributed by atoms with van der Waals surface area (Å²) in [5, 5.41) is 0. The maximum atomic E-state index is 2.65. The van der Waals surface area contributed by atoms with Gasteiger partial charge in [0.15, 0.2) is 0 Å². The number of benzene rings is 11. The summed E-state index contributed by atoms with van der Waals surface area (Å²) in [6.45, 7) is 17.5. The Morgan fingerprint density at radius 3 is 1.09 bits per heavy atom. The number of rotatable bonds is 8. The molecule has 4 aliphatic heterocycles. The van der Waals surface area contributed by atoms with E-state index < -0.39 is 0 Å². The predicted octanol–water partition coefficient (Wildman–Crippen LogP) is 16.6. The van der Waals surface area contributed by atoms with Crippen LogP contribution in [0.2, 0.25) is 0 Å². The van der Waals surface area contributed by atoms with Crippen LogP contribution in [0, 0.1) is 55.4 Å². The maximum Gasteiger partial charge on any atom is 0.252 e. The number of hydrogen-bond donors (Lipinski definition) is 0. The average Bonchev–Trinajstić information content (AvgIpc) is 2.74. The third kappa shape index (κ3) is 8.40. The van der Waals surface area contributed by atoms with Gasteiger partial charge >= 0.3 is 0 Å². The Labute approximate surface area is 492 Å². The van der Waals surface area contributed by atoms with Gasteiger partial charge in [0.05, 0.1) is 5.69 Å². The molecule has 0 amide bonds. The topological polar surface area (TPSA) is 13.0 Å². The lowest BCUT2D eigenvalue weighted by molar-refractivity contribution is 1.21. The van der Waals surface area contributed by atoms with E-state index in [9.17, 15) is 0 Å². The lowest BCUT2D eigenvalue weighted by Gasteiger charge is -2.46. The summed E-state index contributed by atoms with van der Waals surface area (Å²) in [5.41, 5.74) is 31.8. The van der Waals surface area contributed by atoms with Crippen LogP contribution < -0.4 is 52.4 Å². The third-order valence-electron chi connectivity index (χ3n) is 17.2. The molecule has 0 fully saturated rings. The molecule has 0 N–H and O–H groups in total. The second-order valence-electron chi connectivity index (χ2n) is 23.2. The van der Waals surface area contributed by atoms with Crippen LogP contribution >= 0.6 is 23.5 Å². The van der Waals surface area contributed by atoms with Gasteiger partial charge in [-0.3, -0.25) is 0 Å². The van der Waals surface area contributed by atoms with E-state index in [2.05, 4.69) is 293 Å². The van der Waals surface area contributed by atoms with Crippen LogP contribution in [0.5, 0.6) is 0 Å². The Hall–Kier alpha value is -8.55. The molecule has 0 spiro atoms. The standard InChI is InChI=1S/C74H60B2N4S2/c1-45-9-23-53(24-10-45)77(54-25-11-46(2)12-26-54)59-39-67-73-68(40-59)80(58-33-19-50(6)20-34-58)66-44-70-64(43-62(66)75(73)61-37-51(7)21-35-65(61)79(67)57-31-17-49(5)18-32-57)76-63-38-52(8)22-36-69(63)81-71-41-60(42-72(82-70)74(71)76)78(55-27-13-47(3)14-28-55)56-29-15-48(4)16-30-56/h9-44H,1-8H3. The molecule has 0 aromatic heterocycles. The van der Waals surface area contributed by atoms with Crippen molar-refractivity contribution in [3.63, 3.8) is 0 Å². The minimum Gasteiger partial charge on any atom is -0.311 e. The van der Waals surface area contributed by atoms with Crippen molar-refractivity contribution >= 4 is 138 Å². The first-order valence-electron chi connectivity index (χ1n) is 28.6. The lowest BCUT2D eigenvalue weighted by Crippen LogP contribution is -2.64. The monoisotopic (exact) mass is 1090 g/mol. The summed E-state index contributed by atoms with van der Waals surface area (Å²) in [7, 11) is 0. The molecule has 11 aromatic rings. The Morgan fingerprint density at radius 1 is 0.256 bits per heavy atom. The molecule has 0 aliphatic carbocycles. The number of anilines is 12. The van der Waals surface area contributed by atoms with E-state index in [4.69, 9.17) is 0 Å². The van der Waals surface area contributed by atoms with E-state index in [1.165, 1.54) is 120 Å². The van der Waals surface area contributed by atoms with Gasteiger partial charge in [-0.1, -0.05) is 182 Å². The number of hydrogen-bond acceptors (Lipinski definition) is 6. The van der Waals surface area contributed by atoms with Gasteiger partial charge in [-0.2, -0.15) is 0 Å². The molecule has 15 rings (SSSR count). The summed E-state index contributed by atoms with van der Waals surface area (Å²) in [5.74, 6) is 0. The molecule has 0 saturated heterocycles. The molecule has 8 heteroatoms. The summed E-state index contributed by atoms with van der Waals surface area (Å²) in [6, 6.07) is 83.8. The zero-order valence-electron chi connectivity index (χ0n) is 47.5. The van der Waals surface area contributed by atoms with Crippen molar-refractivity contribution in [1.82, 2.24) is 0 Å². The molecule has 4 heterocycles. The van der Waals surface area contributed by atoms with Crippen molar-refractivity contribution in [1.29, 1.82) is 0 Å². The fraction of sp³-hybridized carbons (Fsp3) is 0.108. The van der Waals surface area contributed by atoms with Gasteiger partial charge in [0, 0.05) is 82.1 Å². The summed E-state index contributed by atoms with van der Waals surface area (Å²) in [6.07, 6.45) is 0. The van der Waals surface area contributed by atoms with E-state index in [1.54, 1.807) is 0 Å². The average molecular weight is 1090 g/mol. The van der Waals surface area contributed by atoms with Crippen LogP contribution in [0.1, 0.15) is 44.5 Å².